The molecule has 0 aromatic heterocycles. The van der Waals surface area contributed by atoms with E-state index >= 15 is 0 Å². The quantitative estimate of drug-likeness (QED) is 0.750. The van der Waals surface area contributed by atoms with E-state index in [0.717, 1.165) is 16.8 Å². The largest absolute Gasteiger partial charge is 0.322 e. The molecule has 2 aromatic carbocycles. The van der Waals surface area contributed by atoms with Crippen LogP contribution >= 0.6 is 11.6 Å². The van der Waals surface area contributed by atoms with Gasteiger partial charge in [-0.3, -0.25) is 4.79 Å². The van der Waals surface area contributed by atoms with Crippen LogP contribution in [0.3, 0.4) is 0 Å². The normalized spacial score (nSPS) is 11.1. The van der Waals surface area contributed by atoms with Crippen molar-refractivity contribution in [3.8, 4) is 0 Å². The molecule has 0 heterocycles. The van der Waals surface area contributed by atoms with Gasteiger partial charge in [-0.15, -0.1) is 0 Å². The summed E-state index contributed by atoms with van der Waals surface area (Å²) >= 11 is 5.90. The van der Waals surface area contributed by atoms with E-state index in [1.54, 1.807) is 18.2 Å². The van der Waals surface area contributed by atoms with Gasteiger partial charge in [0.15, 0.2) is 0 Å². The molecular formula is C19H20ClNO. The van der Waals surface area contributed by atoms with E-state index in [4.69, 9.17) is 11.6 Å². The number of nitrogens with one attached hydrogen (secondary N) is 1. The molecule has 0 bridgehead atoms. The Labute approximate surface area is 136 Å². The lowest BCUT2D eigenvalue weighted by atomic mass is 10.0. The number of halogens is 1. The summed E-state index contributed by atoms with van der Waals surface area (Å²) in [6.07, 6.45) is 3.35. The minimum atomic E-state index is -0.154. The summed E-state index contributed by atoms with van der Waals surface area (Å²) in [5.74, 6) is 0.354. The van der Waals surface area contributed by atoms with Gasteiger partial charge < -0.3 is 5.32 Å². The molecule has 0 aliphatic heterocycles. The molecule has 0 spiro atoms. The molecule has 0 aliphatic carbocycles. The van der Waals surface area contributed by atoms with Crippen molar-refractivity contribution in [3.63, 3.8) is 0 Å². The van der Waals surface area contributed by atoms with Gasteiger partial charge in [0.1, 0.15) is 0 Å². The molecule has 0 fully saturated rings. The molecular weight excluding hydrogens is 294 g/mol. The van der Waals surface area contributed by atoms with Crippen molar-refractivity contribution in [2.45, 2.75) is 26.7 Å². The van der Waals surface area contributed by atoms with Gasteiger partial charge >= 0.3 is 0 Å². The molecule has 0 atom stereocenters. The summed E-state index contributed by atoms with van der Waals surface area (Å²) in [6, 6.07) is 13.6. The van der Waals surface area contributed by atoms with E-state index in [2.05, 4.69) is 31.3 Å². The number of carbonyl (C=O) groups is 1. The second kappa shape index (κ2) is 7.28. The predicted octanol–water partition coefficient (Wildman–Crippen LogP) is 5.42. The summed E-state index contributed by atoms with van der Waals surface area (Å²) in [7, 11) is 0. The molecule has 0 unspecified atom stereocenters. The third-order valence-corrected chi connectivity index (χ3v) is 3.71. The summed E-state index contributed by atoms with van der Waals surface area (Å²) in [4.78, 5) is 12.0. The van der Waals surface area contributed by atoms with Crippen LogP contribution < -0.4 is 5.32 Å². The van der Waals surface area contributed by atoms with Crippen LogP contribution in [0.25, 0.3) is 6.08 Å². The van der Waals surface area contributed by atoms with Gasteiger partial charge in [-0.1, -0.05) is 49.7 Å². The topological polar surface area (TPSA) is 29.1 Å². The summed E-state index contributed by atoms with van der Waals surface area (Å²) in [6.45, 7) is 6.23. The van der Waals surface area contributed by atoms with Crippen LogP contribution in [0, 0.1) is 6.92 Å². The average Bonchev–Trinajstić information content (AvgIpc) is 2.48. The van der Waals surface area contributed by atoms with E-state index in [0.29, 0.717) is 10.9 Å². The van der Waals surface area contributed by atoms with Crippen LogP contribution in [-0.4, -0.2) is 5.91 Å². The van der Waals surface area contributed by atoms with Gasteiger partial charge in [-0.25, -0.2) is 0 Å². The van der Waals surface area contributed by atoms with Gasteiger partial charge in [0.25, 0.3) is 0 Å². The molecule has 0 saturated heterocycles. The van der Waals surface area contributed by atoms with Crippen molar-refractivity contribution in [2.24, 2.45) is 0 Å². The lowest BCUT2D eigenvalue weighted by Gasteiger charge is -2.06. The van der Waals surface area contributed by atoms with E-state index in [1.165, 1.54) is 5.56 Å². The SMILES string of the molecule is Cc1cc(Cl)ccc1NC(=O)C=Cc1ccc(C(C)C)cc1. The minimum absolute atomic E-state index is 0.154. The second-order valence-corrected chi connectivity index (χ2v) is 6.04. The van der Waals surface area contributed by atoms with E-state index in [9.17, 15) is 4.79 Å². The molecule has 2 nitrogen and oxygen atoms in total. The smallest absolute Gasteiger partial charge is 0.248 e. The van der Waals surface area contributed by atoms with E-state index < -0.39 is 0 Å². The Morgan fingerprint density at radius 1 is 1.14 bits per heavy atom. The fourth-order valence-electron chi connectivity index (χ4n) is 2.11. The highest BCUT2D eigenvalue weighted by atomic mass is 35.5. The van der Waals surface area contributed by atoms with Crippen molar-refractivity contribution in [1.29, 1.82) is 0 Å². The van der Waals surface area contributed by atoms with E-state index in [1.807, 2.05) is 31.2 Å². The van der Waals surface area contributed by atoms with Crippen molar-refractivity contribution >= 4 is 29.3 Å². The van der Waals surface area contributed by atoms with Crippen LogP contribution in [0.1, 0.15) is 36.5 Å². The van der Waals surface area contributed by atoms with Gasteiger partial charge in [0, 0.05) is 16.8 Å². The molecule has 114 valence electrons. The van der Waals surface area contributed by atoms with Crippen LogP contribution in [0.2, 0.25) is 5.02 Å². The maximum atomic E-state index is 12.0. The van der Waals surface area contributed by atoms with Crippen LogP contribution in [0.5, 0.6) is 0 Å². The molecule has 2 aromatic rings. The van der Waals surface area contributed by atoms with Gasteiger partial charge in [0.05, 0.1) is 0 Å². The predicted molar refractivity (Wildman–Crippen MR) is 94.4 cm³/mol. The van der Waals surface area contributed by atoms with Gasteiger partial charge in [-0.2, -0.15) is 0 Å². The number of aryl methyl sites for hydroxylation is 1. The standard InChI is InChI=1S/C19H20ClNO/c1-13(2)16-7-4-15(5-8-16)6-11-19(22)21-18-10-9-17(20)12-14(18)3/h4-13H,1-3H3,(H,21,22). The first-order chi connectivity index (χ1) is 10.5. The molecule has 22 heavy (non-hydrogen) atoms. The highest BCUT2D eigenvalue weighted by Gasteiger charge is 2.02. The Balaban J connectivity index is 2.01. The number of hydrogen-bond donors (Lipinski definition) is 1. The lowest BCUT2D eigenvalue weighted by molar-refractivity contribution is -0.111. The molecule has 3 heteroatoms. The molecule has 1 amide bonds. The summed E-state index contributed by atoms with van der Waals surface area (Å²) < 4.78 is 0. The number of benzene rings is 2. The van der Waals surface area contributed by atoms with Crippen molar-refractivity contribution in [3.05, 3.63) is 70.3 Å². The van der Waals surface area contributed by atoms with Crippen LogP contribution in [-0.2, 0) is 4.79 Å². The first kappa shape index (κ1) is 16.3. The Morgan fingerprint density at radius 2 is 1.82 bits per heavy atom. The van der Waals surface area contributed by atoms with Crippen molar-refractivity contribution < 1.29 is 4.79 Å². The third kappa shape index (κ3) is 4.47. The van der Waals surface area contributed by atoms with Crippen LogP contribution in [0.15, 0.2) is 48.5 Å². The minimum Gasteiger partial charge on any atom is -0.322 e. The summed E-state index contributed by atoms with van der Waals surface area (Å²) in [5, 5.41) is 3.52. The van der Waals surface area contributed by atoms with Crippen LogP contribution in [0.4, 0.5) is 5.69 Å². The van der Waals surface area contributed by atoms with Crippen molar-refractivity contribution in [2.75, 3.05) is 5.32 Å². The van der Waals surface area contributed by atoms with Crippen molar-refractivity contribution in [1.82, 2.24) is 0 Å². The fourth-order valence-corrected chi connectivity index (χ4v) is 2.33. The zero-order valence-electron chi connectivity index (χ0n) is 13.1. The monoisotopic (exact) mass is 313 g/mol. The zero-order chi connectivity index (χ0) is 16.1. The Hall–Kier alpha value is -2.06. The van der Waals surface area contributed by atoms with Gasteiger partial charge in [0.2, 0.25) is 5.91 Å². The average molecular weight is 314 g/mol. The number of rotatable bonds is 4. The Bertz CT molecular complexity index is 687. The van der Waals surface area contributed by atoms with Gasteiger partial charge in [-0.05, 0) is 53.8 Å². The Morgan fingerprint density at radius 3 is 2.41 bits per heavy atom. The highest BCUT2D eigenvalue weighted by molar-refractivity contribution is 6.30. The third-order valence-electron chi connectivity index (χ3n) is 3.48. The molecule has 0 radical (unpaired) electrons. The highest BCUT2D eigenvalue weighted by Crippen LogP contribution is 2.19. The molecule has 2 rings (SSSR count). The second-order valence-electron chi connectivity index (χ2n) is 5.60. The number of amides is 1. The number of anilines is 1. The summed E-state index contributed by atoms with van der Waals surface area (Å²) in [5.41, 5.74) is 4.01. The number of carbonyl (C=O) groups excluding carboxylic acids is 1. The van der Waals surface area contributed by atoms with E-state index in [-0.39, 0.29) is 5.91 Å². The zero-order valence-corrected chi connectivity index (χ0v) is 13.8. The molecule has 0 aliphatic rings. The first-order valence-corrected chi connectivity index (χ1v) is 7.68. The maximum absolute atomic E-state index is 12.0. The molecule has 0 saturated carbocycles. The fraction of sp³-hybridized carbons (Fsp3) is 0.211. The Kier molecular flexibility index (Phi) is 5.40. The maximum Gasteiger partial charge on any atom is 0.248 e. The first-order valence-electron chi connectivity index (χ1n) is 7.31. The molecule has 1 N–H and O–H groups in total. The lowest BCUT2D eigenvalue weighted by Crippen LogP contribution is -2.08. The number of hydrogen-bond acceptors (Lipinski definition) is 1.